The van der Waals surface area contributed by atoms with Crippen LogP contribution in [-0.2, 0) is 11.4 Å². The highest BCUT2D eigenvalue weighted by Crippen LogP contribution is 2.37. The van der Waals surface area contributed by atoms with E-state index in [0.29, 0.717) is 33.9 Å². The standard InChI is InChI=1S/C26H22BrFN2O4S/c1-3-33-20-10-8-19(9-11-20)29-26-30-25(31)24(35-26)13-17-12-22(32-2)23(14-21(17)27)34-15-16-4-6-18(28)7-5-16/h4-14H,3,15H2,1-2H3,(H,29,30,31)/b24-13+. The number of methoxy groups -OCH3 is 1. The van der Waals surface area contributed by atoms with Gasteiger partial charge in [-0.05, 0) is 84.4 Å². The van der Waals surface area contributed by atoms with E-state index in [4.69, 9.17) is 14.2 Å². The molecule has 9 heteroatoms. The molecule has 3 aromatic carbocycles. The van der Waals surface area contributed by atoms with Crippen LogP contribution in [0, 0.1) is 5.82 Å². The lowest BCUT2D eigenvalue weighted by Crippen LogP contribution is -2.19. The number of carbonyl (C=O) groups is 1. The second-order valence-corrected chi connectivity index (χ2v) is 9.23. The molecule has 1 aliphatic rings. The summed E-state index contributed by atoms with van der Waals surface area (Å²) in [5.41, 5.74) is 2.29. The minimum atomic E-state index is -0.298. The number of rotatable bonds is 8. The number of nitrogens with one attached hydrogen (secondary N) is 1. The normalized spacial score (nSPS) is 15.4. The third-order valence-corrected chi connectivity index (χ3v) is 6.50. The monoisotopic (exact) mass is 556 g/mol. The number of thioether (sulfide) groups is 1. The van der Waals surface area contributed by atoms with Crippen molar-refractivity contribution in [3.63, 3.8) is 0 Å². The molecule has 3 aromatic rings. The number of nitrogens with zero attached hydrogens (tertiary/aromatic N) is 1. The lowest BCUT2D eigenvalue weighted by atomic mass is 10.1. The summed E-state index contributed by atoms with van der Waals surface area (Å²) in [6.07, 6.45) is 1.76. The molecule has 0 bridgehead atoms. The van der Waals surface area contributed by atoms with E-state index in [0.717, 1.165) is 21.3 Å². The van der Waals surface area contributed by atoms with Gasteiger partial charge in [0, 0.05) is 4.47 Å². The fourth-order valence-corrected chi connectivity index (χ4v) is 4.47. The number of benzene rings is 3. The highest BCUT2D eigenvalue weighted by atomic mass is 79.9. The third kappa shape index (κ3) is 6.43. The van der Waals surface area contributed by atoms with Crippen LogP contribution in [0.2, 0.25) is 0 Å². The molecule has 1 heterocycles. The van der Waals surface area contributed by atoms with Crippen LogP contribution in [-0.4, -0.2) is 24.8 Å². The van der Waals surface area contributed by atoms with Crippen molar-refractivity contribution in [3.8, 4) is 17.2 Å². The zero-order valence-corrected chi connectivity index (χ0v) is 21.4. The smallest absolute Gasteiger partial charge is 0.264 e. The molecule has 1 fully saturated rings. The van der Waals surface area contributed by atoms with Crippen LogP contribution in [0.4, 0.5) is 10.1 Å². The molecule has 180 valence electrons. The number of ether oxygens (including phenoxy) is 3. The van der Waals surface area contributed by atoms with Gasteiger partial charge in [0.15, 0.2) is 16.7 Å². The SMILES string of the molecule is CCOc1ccc(N=C2NC(=O)/C(=C\c3cc(OC)c(OCc4ccc(F)cc4)cc3Br)S2)cc1. The number of halogens is 2. The Balaban J connectivity index is 1.50. The second kappa shape index (κ2) is 11.4. The average molecular weight is 557 g/mol. The molecule has 0 unspecified atom stereocenters. The van der Waals surface area contributed by atoms with E-state index in [1.165, 1.54) is 23.9 Å². The summed E-state index contributed by atoms with van der Waals surface area (Å²) in [6, 6.07) is 17.0. The molecule has 35 heavy (non-hydrogen) atoms. The van der Waals surface area contributed by atoms with Crippen molar-refractivity contribution in [1.29, 1.82) is 0 Å². The molecule has 0 radical (unpaired) electrons. The quantitative estimate of drug-likeness (QED) is 0.322. The number of aliphatic imine (C=N–C) groups is 1. The van der Waals surface area contributed by atoms with Crippen LogP contribution in [0.1, 0.15) is 18.1 Å². The van der Waals surface area contributed by atoms with Gasteiger partial charge in [0.25, 0.3) is 5.91 Å². The predicted molar refractivity (Wildman–Crippen MR) is 140 cm³/mol. The van der Waals surface area contributed by atoms with Crippen LogP contribution in [0.15, 0.2) is 75.0 Å². The van der Waals surface area contributed by atoms with Gasteiger partial charge in [-0.2, -0.15) is 0 Å². The molecule has 0 atom stereocenters. The van der Waals surface area contributed by atoms with E-state index in [-0.39, 0.29) is 18.3 Å². The first-order valence-corrected chi connectivity index (χ1v) is 12.3. The molecular formula is C26H22BrFN2O4S. The first kappa shape index (κ1) is 24.8. The number of carbonyl (C=O) groups excluding carboxylic acids is 1. The summed E-state index contributed by atoms with van der Waals surface area (Å²) in [7, 11) is 1.55. The Morgan fingerprint density at radius 2 is 1.80 bits per heavy atom. The lowest BCUT2D eigenvalue weighted by molar-refractivity contribution is -0.115. The minimum absolute atomic E-state index is 0.234. The summed E-state index contributed by atoms with van der Waals surface area (Å²) in [5.74, 6) is 1.26. The van der Waals surface area contributed by atoms with Gasteiger partial charge in [0.1, 0.15) is 18.2 Å². The Morgan fingerprint density at radius 1 is 1.06 bits per heavy atom. The highest BCUT2D eigenvalue weighted by Gasteiger charge is 2.24. The molecule has 1 amide bonds. The van der Waals surface area contributed by atoms with E-state index < -0.39 is 0 Å². The van der Waals surface area contributed by atoms with Crippen molar-refractivity contribution in [2.24, 2.45) is 4.99 Å². The van der Waals surface area contributed by atoms with Crippen LogP contribution in [0.25, 0.3) is 6.08 Å². The van der Waals surface area contributed by atoms with Gasteiger partial charge in [-0.3, -0.25) is 4.79 Å². The van der Waals surface area contributed by atoms with Gasteiger partial charge in [0.2, 0.25) is 0 Å². The van der Waals surface area contributed by atoms with Gasteiger partial charge in [-0.25, -0.2) is 9.38 Å². The van der Waals surface area contributed by atoms with E-state index in [1.54, 1.807) is 37.5 Å². The number of amides is 1. The second-order valence-electron chi connectivity index (χ2n) is 7.35. The molecule has 4 rings (SSSR count). The maximum absolute atomic E-state index is 13.1. The molecular weight excluding hydrogens is 535 g/mol. The Hall–Kier alpha value is -3.30. The van der Waals surface area contributed by atoms with E-state index in [2.05, 4.69) is 26.2 Å². The van der Waals surface area contributed by atoms with Crippen LogP contribution in [0.3, 0.4) is 0 Å². The molecule has 0 aromatic heterocycles. The maximum Gasteiger partial charge on any atom is 0.264 e. The molecule has 1 N–H and O–H groups in total. The Labute approximate surface area is 215 Å². The van der Waals surface area contributed by atoms with Gasteiger partial charge >= 0.3 is 0 Å². The molecule has 1 saturated heterocycles. The predicted octanol–water partition coefficient (Wildman–Crippen LogP) is 6.47. The third-order valence-electron chi connectivity index (χ3n) is 4.91. The molecule has 0 aliphatic carbocycles. The van der Waals surface area contributed by atoms with Crippen molar-refractivity contribution in [3.05, 3.63) is 87.0 Å². The topological polar surface area (TPSA) is 69.2 Å². The van der Waals surface area contributed by atoms with E-state index >= 15 is 0 Å². The average Bonchev–Trinajstić information content (AvgIpc) is 3.19. The van der Waals surface area contributed by atoms with E-state index in [1.807, 2.05) is 31.2 Å². The van der Waals surface area contributed by atoms with Crippen LogP contribution >= 0.6 is 27.7 Å². The molecule has 6 nitrogen and oxygen atoms in total. The minimum Gasteiger partial charge on any atom is -0.494 e. The number of amidine groups is 1. The Morgan fingerprint density at radius 3 is 2.49 bits per heavy atom. The van der Waals surface area contributed by atoms with Crippen LogP contribution < -0.4 is 19.5 Å². The number of hydrogen-bond donors (Lipinski definition) is 1. The Bertz CT molecular complexity index is 1280. The van der Waals surface area contributed by atoms with Crippen molar-refractivity contribution in [2.45, 2.75) is 13.5 Å². The zero-order chi connectivity index (χ0) is 24.8. The Kier molecular flexibility index (Phi) is 8.09. The fraction of sp³-hybridized carbons (Fsp3) is 0.154. The van der Waals surface area contributed by atoms with Gasteiger partial charge in [0.05, 0.1) is 24.3 Å². The fourth-order valence-electron chi connectivity index (χ4n) is 3.20. The first-order chi connectivity index (χ1) is 16.9. The zero-order valence-electron chi connectivity index (χ0n) is 19.0. The van der Waals surface area contributed by atoms with Gasteiger partial charge in [-0.15, -0.1) is 0 Å². The summed E-state index contributed by atoms with van der Waals surface area (Å²) < 4.78 is 30.7. The molecule has 0 saturated carbocycles. The maximum atomic E-state index is 13.1. The largest absolute Gasteiger partial charge is 0.494 e. The molecule has 0 spiro atoms. The number of hydrogen-bond acceptors (Lipinski definition) is 6. The summed E-state index contributed by atoms with van der Waals surface area (Å²) in [5, 5.41) is 3.28. The van der Waals surface area contributed by atoms with Gasteiger partial charge < -0.3 is 19.5 Å². The summed E-state index contributed by atoms with van der Waals surface area (Å²) in [6.45, 7) is 2.78. The van der Waals surface area contributed by atoms with Crippen molar-refractivity contribution >= 4 is 50.5 Å². The van der Waals surface area contributed by atoms with E-state index in [9.17, 15) is 9.18 Å². The van der Waals surface area contributed by atoms with Crippen LogP contribution in [0.5, 0.6) is 17.2 Å². The first-order valence-electron chi connectivity index (χ1n) is 10.7. The summed E-state index contributed by atoms with van der Waals surface area (Å²) >= 11 is 4.80. The summed E-state index contributed by atoms with van der Waals surface area (Å²) in [4.78, 5) is 17.5. The molecule has 1 aliphatic heterocycles. The van der Waals surface area contributed by atoms with Crippen molar-refractivity contribution in [2.75, 3.05) is 13.7 Å². The highest BCUT2D eigenvalue weighted by molar-refractivity contribution is 9.10. The lowest BCUT2D eigenvalue weighted by Gasteiger charge is -2.13. The van der Waals surface area contributed by atoms with Crippen molar-refractivity contribution in [1.82, 2.24) is 5.32 Å². The van der Waals surface area contributed by atoms with Crippen molar-refractivity contribution < 1.29 is 23.4 Å². The van der Waals surface area contributed by atoms with Gasteiger partial charge in [-0.1, -0.05) is 28.1 Å².